The molecule has 2 atom stereocenters. The van der Waals surface area contributed by atoms with Crippen LogP contribution in [0.25, 0.3) is 6.08 Å². The van der Waals surface area contributed by atoms with Crippen LogP contribution >= 0.6 is 11.8 Å². The number of carboxylic acid groups (broad SMARTS) is 1. The van der Waals surface area contributed by atoms with Gasteiger partial charge in [-0.25, -0.2) is 4.79 Å². The number of aliphatic hydroxyl groups excluding tert-OH is 1. The first kappa shape index (κ1) is 16.6. The lowest BCUT2D eigenvalue weighted by atomic mass is 10.1. The Bertz CT molecular complexity index is 483. The van der Waals surface area contributed by atoms with Crippen LogP contribution in [0, 0.1) is 0 Å². The molecule has 20 heavy (non-hydrogen) atoms. The van der Waals surface area contributed by atoms with Crippen LogP contribution in [0.5, 0.6) is 5.75 Å². The zero-order valence-corrected chi connectivity index (χ0v) is 12.7. The van der Waals surface area contributed by atoms with Gasteiger partial charge in [0.05, 0.1) is 13.2 Å². The van der Waals surface area contributed by atoms with Crippen molar-refractivity contribution >= 4 is 23.8 Å². The van der Waals surface area contributed by atoms with Gasteiger partial charge in [-0.3, -0.25) is 0 Å². The van der Waals surface area contributed by atoms with E-state index in [0.29, 0.717) is 5.75 Å². The lowest BCUT2D eigenvalue weighted by Gasteiger charge is -2.14. The molecule has 5 heteroatoms. The molecule has 110 valence electrons. The minimum absolute atomic E-state index is 0.148. The number of ether oxygens (including phenoxy) is 1. The molecule has 0 heterocycles. The Hall–Kier alpha value is -1.46. The molecule has 2 N–H and O–H groups in total. The number of rotatable bonds is 7. The fraction of sp³-hybridized carbons (Fsp3) is 0.400. The lowest BCUT2D eigenvalue weighted by Crippen LogP contribution is -2.15. The Morgan fingerprint density at radius 3 is 2.70 bits per heavy atom. The molecule has 2 unspecified atom stereocenters. The number of hydrogen-bond acceptors (Lipinski definition) is 4. The topological polar surface area (TPSA) is 66.8 Å². The molecule has 0 bridgehead atoms. The van der Waals surface area contributed by atoms with E-state index in [1.54, 1.807) is 25.8 Å². The number of aliphatic hydroxyl groups is 1. The van der Waals surface area contributed by atoms with Crippen LogP contribution in [0.1, 0.15) is 25.0 Å². The maximum absolute atomic E-state index is 10.6. The van der Waals surface area contributed by atoms with E-state index in [-0.39, 0.29) is 11.4 Å². The maximum atomic E-state index is 10.6. The first-order valence-corrected chi connectivity index (χ1v) is 7.36. The highest BCUT2D eigenvalue weighted by atomic mass is 32.2. The summed E-state index contributed by atoms with van der Waals surface area (Å²) in [6.45, 7) is 3.75. The van der Waals surface area contributed by atoms with Crippen LogP contribution in [0.3, 0.4) is 0 Å². The van der Waals surface area contributed by atoms with Gasteiger partial charge in [-0.05, 0) is 30.7 Å². The van der Waals surface area contributed by atoms with Gasteiger partial charge in [0.2, 0.25) is 0 Å². The molecule has 1 aromatic rings. The number of aliphatic carboxylic acids is 1. The lowest BCUT2D eigenvalue weighted by molar-refractivity contribution is -0.131. The van der Waals surface area contributed by atoms with Crippen LogP contribution in [0.15, 0.2) is 24.3 Å². The number of hydrogen-bond donors (Lipinski definition) is 2. The van der Waals surface area contributed by atoms with Crippen molar-refractivity contribution in [2.75, 3.05) is 7.11 Å². The van der Waals surface area contributed by atoms with E-state index in [9.17, 15) is 9.90 Å². The fourth-order valence-corrected chi connectivity index (χ4v) is 2.45. The average Bonchev–Trinajstić information content (AvgIpc) is 2.42. The molecular weight excluding hydrogens is 276 g/mol. The van der Waals surface area contributed by atoms with Crippen molar-refractivity contribution in [2.45, 2.75) is 31.0 Å². The highest BCUT2D eigenvalue weighted by Gasteiger charge is 2.10. The molecule has 0 aliphatic heterocycles. The summed E-state index contributed by atoms with van der Waals surface area (Å²) in [7, 11) is 1.55. The maximum Gasteiger partial charge on any atom is 0.328 e. The first-order chi connectivity index (χ1) is 9.43. The fourth-order valence-electron chi connectivity index (χ4n) is 1.53. The third-order valence-corrected chi connectivity index (χ3v) is 4.31. The average molecular weight is 296 g/mol. The van der Waals surface area contributed by atoms with Crippen LogP contribution in [0.2, 0.25) is 0 Å². The zero-order valence-electron chi connectivity index (χ0n) is 11.9. The Morgan fingerprint density at radius 2 is 2.15 bits per heavy atom. The van der Waals surface area contributed by atoms with Crippen molar-refractivity contribution in [3.8, 4) is 5.75 Å². The second-order valence-corrected chi connectivity index (χ2v) is 5.87. The van der Waals surface area contributed by atoms with Gasteiger partial charge in [0.25, 0.3) is 0 Å². The van der Waals surface area contributed by atoms with Crippen molar-refractivity contribution in [1.29, 1.82) is 0 Å². The van der Waals surface area contributed by atoms with Gasteiger partial charge in [0.15, 0.2) is 0 Å². The Balaban J connectivity index is 2.84. The smallest absolute Gasteiger partial charge is 0.328 e. The Labute approximate surface area is 123 Å². The molecule has 0 radical (unpaired) electrons. The largest absolute Gasteiger partial charge is 0.496 e. The Morgan fingerprint density at radius 1 is 1.45 bits per heavy atom. The van der Waals surface area contributed by atoms with Crippen LogP contribution < -0.4 is 4.74 Å². The second kappa shape index (κ2) is 7.97. The summed E-state index contributed by atoms with van der Waals surface area (Å²) >= 11 is 1.65. The van der Waals surface area contributed by atoms with E-state index in [2.05, 4.69) is 0 Å². The predicted octanol–water partition coefficient (Wildman–Crippen LogP) is 2.80. The van der Waals surface area contributed by atoms with Gasteiger partial charge >= 0.3 is 5.97 Å². The molecule has 4 nitrogen and oxygen atoms in total. The van der Waals surface area contributed by atoms with Crippen molar-refractivity contribution in [1.82, 2.24) is 0 Å². The molecule has 1 aromatic carbocycles. The van der Waals surface area contributed by atoms with Gasteiger partial charge < -0.3 is 14.9 Å². The molecular formula is C15H20O4S. The van der Waals surface area contributed by atoms with Crippen LogP contribution in [-0.2, 0) is 10.5 Å². The molecule has 1 rings (SSSR count). The minimum atomic E-state index is -0.991. The third kappa shape index (κ3) is 5.27. The number of methoxy groups -OCH3 is 1. The first-order valence-electron chi connectivity index (χ1n) is 6.31. The molecule has 0 aromatic heterocycles. The van der Waals surface area contributed by atoms with Gasteiger partial charge in [0.1, 0.15) is 5.75 Å². The van der Waals surface area contributed by atoms with Crippen molar-refractivity contribution in [3.63, 3.8) is 0 Å². The van der Waals surface area contributed by atoms with Crippen LogP contribution in [0.4, 0.5) is 0 Å². The minimum Gasteiger partial charge on any atom is -0.496 e. The summed E-state index contributed by atoms with van der Waals surface area (Å²) in [5, 5.41) is 18.3. The van der Waals surface area contributed by atoms with E-state index in [1.807, 2.05) is 25.1 Å². The highest BCUT2D eigenvalue weighted by Crippen LogP contribution is 2.25. The highest BCUT2D eigenvalue weighted by molar-refractivity contribution is 7.99. The Kier molecular flexibility index (Phi) is 6.61. The van der Waals surface area contributed by atoms with Crippen molar-refractivity contribution in [2.24, 2.45) is 0 Å². The molecule has 0 aliphatic carbocycles. The number of carbonyl (C=O) groups is 1. The van der Waals surface area contributed by atoms with E-state index in [1.165, 1.54) is 6.08 Å². The SMILES string of the molecule is COc1ccc(CSC(C)C(C)O)cc1/C=C/C(=O)O. The van der Waals surface area contributed by atoms with Crippen molar-refractivity contribution < 1.29 is 19.7 Å². The van der Waals surface area contributed by atoms with E-state index >= 15 is 0 Å². The number of benzene rings is 1. The normalized spacial score (nSPS) is 14.2. The summed E-state index contributed by atoms with van der Waals surface area (Å²) in [6, 6.07) is 5.67. The quantitative estimate of drug-likeness (QED) is 0.757. The number of thioether (sulfide) groups is 1. The molecule has 0 spiro atoms. The van der Waals surface area contributed by atoms with Crippen molar-refractivity contribution in [3.05, 3.63) is 35.4 Å². The standard InChI is InChI=1S/C15H20O4S/c1-10(16)11(2)20-9-12-4-6-14(19-3)13(8-12)5-7-15(17)18/h4-8,10-11,16H,9H2,1-3H3,(H,17,18)/b7-5+. The van der Waals surface area contributed by atoms with Crippen LogP contribution in [-0.4, -0.2) is 34.6 Å². The van der Waals surface area contributed by atoms with E-state index in [4.69, 9.17) is 9.84 Å². The second-order valence-electron chi connectivity index (χ2n) is 4.50. The summed E-state index contributed by atoms with van der Waals surface area (Å²) in [5.74, 6) is 0.402. The third-order valence-electron chi connectivity index (χ3n) is 2.89. The summed E-state index contributed by atoms with van der Waals surface area (Å²) in [6.07, 6.45) is 2.25. The number of carboxylic acids is 1. The molecule has 0 saturated carbocycles. The zero-order chi connectivity index (χ0) is 15.1. The summed E-state index contributed by atoms with van der Waals surface area (Å²) in [5.41, 5.74) is 1.80. The van der Waals surface area contributed by atoms with Gasteiger partial charge in [-0.15, -0.1) is 0 Å². The van der Waals surface area contributed by atoms with E-state index < -0.39 is 5.97 Å². The summed E-state index contributed by atoms with van der Waals surface area (Å²) in [4.78, 5) is 10.6. The molecule has 0 saturated heterocycles. The molecule has 0 fully saturated rings. The van der Waals surface area contributed by atoms with Gasteiger partial charge in [-0.1, -0.05) is 13.0 Å². The van der Waals surface area contributed by atoms with Gasteiger partial charge in [-0.2, -0.15) is 11.8 Å². The molecule has 0 amide bonds. The molecule has 0 aliphatic rings. The van der Waals surface area contributed by atoms with Gasteiger partial charge in [0, 0.05) is 22.6 Å². The monoisotopic (exact) mass is 296 g/mol. The summed E-state index contributed by atoms with van der Waals surface area (Å²) < 4.78 is 5.21. The predicted molar refractivity (Wildman–Crippen MR) is 82.1 cm³/mol. The van der Waals surface area contributed by atoms with E-state index in [0.717, 1.165) is 23.0 Å².